The van der Waals surface area contributed by atoms with E-state index in [9.17, 15) is 28.1 Å². The second kappa shape index (κ2) is 6.41. The van der Waals surface area contributed by atoms with E-state index >= 15 is 0 Å². The van der Waals surface area contributed by atoms with Crippen molar-refractivity contribution in [2.24, 2.45) is 5.92 Å². The smallest absolute Gasteiger partial charge is 0.366 e. The van der Waals surface area contributed by atoms with Gasteiger partial charge in [0.05, 0.1) is 10.5 Å². The minimum absolute atomic E-state index is 0.0888. The van der Waals surface area contributed by atoms with Crippen molar-refractivity contribution in [3.63, 3.8) is 0 Å². The van der Waals surface area contributed by atoms with E-state index in [1.165, 1.54) is 0 Å². The van der Waals surface area contributed by atoms with Gasteiger partial charge in [-0.3, -0.25) is 20.1 Å². The number of nitro benzene ring substituents is 1. The molecule has 0 saturated carbocycles. The molecule has 0 aliphatic carbocycles. The van der Waals surface area contributed by atoms with Crippen LogP contribution in [0.1, 0.15) is 18.4 Å². The number of carbonyl (C=O) groups excluding carboxylic acids is 1. The maximum atomic E-state index is 12.7. The summed E-state index contributed by atoms with van der Waals surface area (Å²) in [7, 11) is 0. The lowest BCUT2D eigenvalue weighted by molar-refractivity contribution is -0.384. The lowest BCUT2D eigenvalue weighted by atomic mass is 9.95. The van der Waals surface area contributed by atoms with Gasteiger partial charge in [-0.25, -0.2) is 5.48 Å². The molecule has 1 heterocycles. The summed E-state index contributed by atoms with van der Waals surface area (Å²) in [5.74, 6) is -0.962. The van der Waals surface area contributed by atoms with Gasteiger partial charge < -0.3 is 4.90 Å². The molecule has 1 fully saturated rings. The topological polar surface area (TPSA) is 95.7 Å². The zero-order chi connectivity index (χ0) is 17.2. The molecule has 1 aliphatic rings. The molecule has 0 aromatic heterocycles. The van der Waals surface area contributed by atoms with Crippen LogP contribution in [-0.2, 0) is 11.0 Å². The molecule has 10 heteroatoms. The summed E-state index contributed by atoms with van der Waals surface area (Å²) in [4.78, 5) is 23.1. The Kier molecular flexibility index (Phi) is 4.73. The van der Waals surface area contributed by atoms with Crippen LogP contribution in [0, 0.1) is 16.0 Å². The molecule has 1 saturated heterocycles. The molecular formula is C13H14F3N3O4. The predicted octanol–water partition coefficient (Wildman–Crippen LogP) is 2.34. The molecule has 2 rings (SSSR count). The van der Waals surface area contributed by atoms with Gasteiger partial charge in [0.1, 0.15) is 5.69 Å². The highest BCUT2D eigenvalue weighted by molar-refractivity contribution is 5.78. The fourth-order valence-corrected chi connectivity index (χ4v) is 2.59. The zero-order valence-electron chi connectivity index (χ0n) is 11.8. The SMILES string of the molecule is O=C(NO)C1CCN(c2ccc(C(F)(F)F)cc2[N+](=O)[O-])CC1. The highest BCUT2D eigenvalue weighted by atomic mass is 19.4. The van der Waals surface area contributed by atoms with Gasteiger partial charge in [0, 0.05) is 25.1 Å². The summed E-state index contributed by atoms with van der Waals surface area (Å²) in [5.41, 5.74) is -0.0605. The molecule has 1 aliphatic heterocycles. The summed E-state index contributed by atoms with van der Waals surface area (Å²) in [6, 6.07) is 2.39. The Hall–Kier alpha value is -2.36. The van der Waals surface area contributed by atoms with E-state index < -0.39 is 34.2 Å². The number of nitrogens with zero attached hydrogens (tertiary/aromatic N) is 2. The van der Waals surface area contributed by atoms with Crippen molar-refractivity contribution in [1.29, 1.82) is 0 Å². The normalized spacial score (nSPS) is 16.3. The number of hydrogen-bond donors (Lipinski definition) is 2. The predicted molar refractivity (Wildman–Crippen MR) is 73.0 cm³/mol. The molecule has 2 N–H and O–H groups in total. The number of anilines is 1. The lowest BCUT2D eigenvalue weighted by Gasteiger charge is -2.32. The summed E-state index contributed by atoms with van der Waals surface area (Å²) in [5, 5.41) is 19.7. The van der Waals surface area contributed by atoms with Crippen LogP contribution in [0.3, 0.4) is 0 Å². The highest BCUT2D eigenvalue weighted by Gasteiger charge is 2.34. The van der Waals surface area contributed by atoms with Gasteiger partial charge in [-0.15, -0.1) is 0 Å². The van der Waals surface area contributed by atoms with Crippen LogP contribution in [0.15, 0.2) is 18.2 Å². The third-order valence-corrected chi connectivity index (χ3v) is 3.82. The maximum Gasteiger partial charge on any atom is 0.416 e. The van der Waals surface area contributed by atoms with Crippen molar-refractivity contribution in [3.05, 3.63) is 33.9 Å². The zero-order valence-corrected chi connectivity index (χ0v) is 11.8. The number of hydroxylamine groups is 1. The quantitative estimate of drug-likeness (QED) is 0.503. The van der Waals surface area contributed by atoms with E-state index in [4.69, 9.17) is 5.21 Å². The fraction of sp³-hybridized carbons (Fsp3) is 0.462. The van der Waals surface area contributed by atoms with Gasteiger partial charge in [0.15, 0.2) is 0 Å². The van der Waals surface area contributed by atoms with Gasteiger partial charge in [-0.1, -0.05) is 0 Å². The number of hydrogen-bond acceptors (Lipinski definition) is 5. The first-order valence-electron chi connectivity index (χ1n) is 6.78. The highest BCUT2D eigenvalue weighted by Crippen LogP contribution is 2.37. The van der Waals surface area contributed by atoms with Crippen molar-refractivity contribution in [2.75, 3.05) is 18.0 Å². The molecule has 7 nitrogen and oxygen atoms in total. The first-order chi connectivity index (χ1) is 10.7. The van der Waals surface area contributed by atoms with Crippen molar-refractivity contribution >= 4 is 17.3 Å². The molecule has 0 atom stereocenters. The van der Waals surface area contributed by atoms with Gasteiger partial charge in [-0.05, 0) is 25.0 Å². The lowest BCUT2D eigenvalue weighted by Crippen LogP contribution is -2.40. The first-order valence-corrected chi connectivity index (χ1v) is 6.78. The second-order valence-corrected chi connectivity index (χ2v) is 5.20. The summed E-state index contributed by atoms with van der Waals surface area (Å²) in [6.45, 7) is 0.536. The number of benzene rings is 1. The molecular weight excluding hydrogens is 319 g/mol. The monoisotopic (exact) mass is 333 g/mol. The Morgan fingerprint density at radius 1 is 1.35 bits per heavy atom. The van der Waals surface area contributed by atoms with Crippen LogP contribution >= 0.6 is 0 Å². The van der Waals surface area contributed by atoms with Gasteiger partial charge in [-0.2, -0.15) is 13.2 Å². The number of nitrogens with one attached hydrogen (secondary N) is 1. The largest absolute Gasteiger partial charge is 0.416 e. The van der Waals surface area contributed by atoms with Gasteiger partial charge >= 0.3 is 6.18 Å². The van der Waals surface area contributed by atoms with Gasteiger partial charge in [0.2, 0.25) is 5.91 Å². The third kappa shape index (κ3) is 3.70. The Morgan fingerprint density at radius 2 is 1.96 bits per heavy atom. The Morgan fingerprint density at radius 3 is 2.43 bits per heavy atom. The van der Waals surface area contributed by atoms with E-state index in [1.54, 1.807) is 10.4 Å². The Bertz CT molecular complexity index is 613. The van der Waals surface area contributed by atoms with E-state index in [1.807, 2.05) is 0 Å². The standard InChI is InChI=1S/C13H14F3N3O4/c14-13(15,16)9-1-2-10(11(7-9)19(22)23)18-5-3-8(4-6-18)12(20)17-21/h1-2,7-8,21H,3-6H2,(H,17,20). The van der Waals surface area contributed by atoms with Crippen LogP contribution < -0.4 is 10.4 Å². The average Bonchev–Trinajstić information content (AvgIpc) is 2.52. The summed E-state index contributed by atoms with van der Waals surface area (Å²) < 4.78 is 38.0. The first kappa shape index (κ1) is 17.0. The van der Waals surface area contributed by atoms with Crippen LogP contribution in [0.5, 0.6) is 0 Å². The number of rotatable bonds is 3. The minimum Gasteiger partial charge on any atom is -0.366 e. The minimum atomic E-state index is -4.66. The number of carbonyl (C=O) groups is 1. The number of halogens is 3. The molecule has 0 radical (unpaired) electrons. The number of alkyl halides is 3. The number of nitro groups is 1. The summed E-state index contributed by atoms with van der Waals surface area (Å²) >= 11 is 0. The molecule has 0 spiro atoms. The molecule has 1 amide bonds. The molecule has 0 bridgehead atoms. The molecule has 23 heavy (non-hydrogen) atoms. The summed E-state index contributed by atoms with van der Waals surface area (Å²) in [6.07, 6.45) is -3.98. The average molecular weight is 333 g/mol. The van der Waals surface area contributed by atoms with E-state index in [-0.39, 0.29) is 18.8 Å². The molecule has 126 valence electrons. The van der Waals surface area contributed by atoms with Crippen LogP contribution in [0.2, 0.25) is 0 Å². The second-order valence-electron chi connectivity index (χ2n) is 5.20. The van der Waals surface area contributed by atoms with Crippen LogP contribution in [0.4, 0.5) is 24.5 Å². The van der Waals surface area contributed by atoms with E-state index in [2.05, 4.69) is 0 Å². The van der Waals surface area contributed by atoms with Crippen molar-refractivity contribution in [1.82, 2.24) is 5.48 Å². The van der Waals surface area contributed by atoms with Crippen molar-refractivity contribution in [3.8, 4) is 0 Å². The molecule has 1 aromatic rings. The number of amides is 1. The molecule has 0 unspecified atom stereocenters. The van der Waals surface area contributed by atoms with Crippen molar-refractivity contribution < 1.29 is 28.1 Å². The Labute approximate surface area is 128 Å². The fourth-order valence-electron chi connectivity index (χ4n) is 2.59. The Balaban J connectivity index is 2.23. The molecule has 1 aromatic carbocycles. The van der Waals surface area contributed by atoms with E-state index in [0.29, 0.717) is 18.9 Å². The maximum absolute atomic E-state index is 12.7. The number of piperidine rings is 1. The van der Waals surface area contributed by atoms with Crippen molar-refractivity contribution in [2.45, 2.75) is 19.0 Å². The third-order valence-electron chi connectivity index (χ3n) is 3.82. The van der Waals surface area contributed by atoms with Crippen LogP contribution in [-0.4, -0.2) is 29.1 Å². The van der Waals surface area contributed by atoms with Gasteiger partial charge in [0.25, 0.3) is 5.69 Å². The van der Waals surface area contributed by atoms with Crippen LogP contribution in [0.25, 0.3) is 0 Å². The van der Waals surface area contributed by atoms with E-state index in [0.717, 1.165) is 12.1 Å².